The molecule has 0 aliphatic rings. The van der Waals surface area contributed by atoms with Crippen molar-refractivity contribution >= 4 is 21.7 Å². The number of carbonyl (C=O) groups is 1. The minimum atomic E-state index is -4.17. The molecule has 0 atom stereocenters. The van der Waals surface area contributed by atoms with E-state index in [4.69, 9.17) is 14.6 Å². The summed E-state index contributed by atoms with van der Waals surface area (Å²) in [5, 5.41) is 8.64. The van der Waals surface area contributed by atoms with E-state index in [0.717, 1.165) is 38.5 Å². The third-order valence-electron chi connectivity index (χ3n) is 4.64. The predicted octanol–water partition coefficient (Wildman–Crippen LogP) is 5.08. The molecule has 2 rings (SSSR count). The lowest BCUT2D eigenvalue weighted by Gasteiger charge is -2.17. The van der Waals surface area contributed by atoms with E-state index in [2.05, 4.69) is 12.2 Å². The van der Waals surface area contributed by atoms with E-state index in [1.54, 1.807) is 30.3 Å². The summed E-state index contributed by atoms with van der Waals surface area (Å²) < 4.78 is 35.9. The molecule has 0 aliphatic heterocycles. The van der Waals surface area contributed by atoms with E-state index in [1.807, 2.05) is 13.0 Å². The first-order chi connectivity index (χ1) is 14.9. The number of benzene rings is 2. The minimum Gasteiger partial charge on any atom is -0.462 e. The molecule has 0 aliphatic carbocycles. The molecule has 0 heterocycles. The predicted molar refractivity (Wildman–Crippen MR) is 122 cm³/mol. The van der Waals surface area contributed by atoms with Gasteiger partial charge in [0.05, 0.1) is 17.9 Å². The molecule has 0 spiro atoms. The molecular weight excluding hydrogens is 416 g/mol. The van der Waals surface area contributed by atoms with Crippen molar-refractivity contribution in [3.05, 3.63) is 48.0 Å². The van der Waals surface area contributed by atoms with Crippen molar-refractivity contribution in [1.82, 2.24) is 0 Å². The molecule has 0 saturated carbocycles. The average molecular weight is 449 g/mol. The van der Waals surface area contributed by atoms with Gasteiger partial charge in [-0.2, -0.15) is 0 Å². The summed E-state index contributed by atoms with van der Waals surface area (Å²) in [5.74, 6) is -0.0762. The van der Waals surface area contributed by atoms with Gasteiger partial charge in [-0.05, 0) is 37.1 Å². The SMILES string of the molecule is CCCCCCOC(=O)c1cc(NCCCC)c(Oc2ccccc2)c(S(N)(=O)=O)c1. The van der Waals surface area contributed by atoms with Crippen LogP contribution < -0.4 is 15.2 Å². The Hall–Kier alpha value is -2.58. The zero-order valence-electron chi connectivity index (χ0n) is 18.2. The van der Waals surface area contributed by atoms with Gasteiger partial charge in [-0.1, -0.05) is 57.7 Å². The summed E-state index contributed by atoms with van der Waals surface area (Å²) >= 11 is 0. The van der Waals surface area contributed by atoms with Crippen molar-refractivity contribution < 1.29 is 22.7 Å². The highest BCUT2D eigenvalue weighted by Crippen LogP contribution is 2.37. The number of carbonyl (C=O) groups excluding carboxylic acids is 1. The van der Waals surface area contributed by atoms with Gasteiger partial charge in [0.25, 0.3) is 0 Å². The normalized spacial score (nSPS) is 11.2. The zero-order chi connectivity index (χ0) is 22.7. The van der Waals surface area contributed by atoms with Gasteiger partial charge >= 0.3 is 5.97 Å². The van der Waals surface area contributed by atoms with Crippen LogP contribution in [0.1, 0.15) is 62.7 Å². The van der Waals surface area contributed by atoms with Gasteiger partial charge in [0.15, 0.2) is 5.75 Å². The molecule has 0 radical (unpaired) electrons. The third-order valence-corrected chi connectivity index (χ3v) is 5.55. The number of primary sulfonamides is 1. The van der Waals surface area contributed by atoms with Crippen molar-refractivity contribution in [3.63, 3.8) is 0 Å². The van der Waals surface area contributed by atoms with Crippen LogP contribution in [0.2, 0.25) is 0 Å². The van der Waals surface area contributed by atoms with Crippen molar-refractivity contribution in [2.75, 3.05) is 18.5 Å². The number of rotatable bonds is 13. The lowest BCUT2D eigenvalue weighted by Crippen LogP contribution is -2.17. The van der Waals surface area contributed by atoms with E-state index in [0.29, 0.717) is 18.0 Å². The second-order valence-corrected chi connectivity index (χ2v) is 8.82. The molecule has 0 bridgehead atoms. The second kappa shape index (κ2) is 12.3. The van der Waals surface area contributed by atoms with E-state index >= 15 is 0 Å². The summed E-state index contributed by atoms with van der Waals surface area (Å²) in [7, 11) is -4.17. The molecule has 3 N–H and O–H groups in total. The number of hydrogen-bond acceptors (Lipinski definition) is 6. The Bertz CT molecular complexity index is 946. The Balaban J connectivity index is 2.39. The second-order valence-electron chi connectivity index (χ2n) is 7.29. The monoisotopic (exact) mass is 448 g/mol. The molecule has 8 heteroatoms. The van der Waals surface area contributed by atoms with Crippen LogP contribution in [0.3, 0.4) is 0 Å². The number of esters is 1. The van der Waals surface area contributed by atoms with Crippen LogP contribution in [-0.4, -0.2) is 27.5 Å². The Morgan fingerprint density at radius 1 is 1.00 bits per heavy atom. The fourth-order valence-corrected chi connectivity index (χ4v) is 3.65. The molecule has 2 aromatic rings. The van der Waals surface area contributed by atoms with Gasteiger partial charge in [-0.3, -0.25) is 0 Å². The summed E-state index contributed by atoms with van der Waals surface area (Å²) in [6, 6.07) is 11.6. The van der Waals surface area contributed by atoms with Crippen molar-refractivity contribution in [1.29, 1.82) is 0 Å². The first-order valence-corrected chi connectivity index (χ1v) is 12.3. The summed E-state index contributed by atoms with van der Waals surface area (Å²) in [6.45, 7) is 5.02. The average Bonchev–Trinajstić information content (AvgIpc) is 2.74. The van der Waals surface area contributed by atoms with Crippen LogP contribution in [0.5, 0.6) is 11.5 Å². The number of sulfonamides is 1. The quantitative estimate of drug-likeness (QED) is 0.327. The van der Waals surface area contributed by atoms with Crippen LogP contribution in [0, 0.1) is 0 Å². The van der Waals surface area contributed by atoms with E-state index in [9.17, 15) is 13.2 Å². The largest absolute Gasteiger partial charge is 0.462 e. The Labute approximate surface area is 185 Å². The molecular formula is C23H32N2O5S. The van der Waals surface area contributed by atoms with Gasteiger partial charge < -0.3 is 14.8 Å². The number of nitrogens with two attached hydrogens (primary N) is 1. The molecule has 2 aromatic carbocycles. The maximum absolute atomic E-state index is 12.6. The smallest absolute Gasteiger partial charge is 0.338 e. The maximum atomic E-state index is 12.6. The molecule has 7 nitrogen and oxygen atoms in total. The highest BCUT2D eigenvalue weighted by molar-refractivity contribution is 7.89. The first kappa shape index (κ1) is 24.7. The van der Waals surface area contributed by atoms with Gasteiger partial charge in [0.1, 0.15) is 10.6 Å². The van der Waals surface area contributed by atoms with Crippen molar-refractivity contribution in [3.8, 4) is 11.5 Å². The van der Waals surface area contributed by atoms with Crippen molar-refractivity contribution in [2.24, 2.45) is 5.14 Å². The van der Waals surface area contributed by atoms with Crippen LogP contribution >= 0.6 is 0 Å². The summed E-state index contributed by atoms with van der Waals surface area (Å²) in [5.41, 5.74) is 0.487. The van der Waals surface area contributed by atoms with E-state index < -0.39 is 16.0 Å². The first-order valence-electron chi connectivity index (χ1n) is 10.7. The lowest BCUT2D eigenvalue weighted by atomic mass is 10.1. The number of nitrogens with one attached hydrogen (secondary N) is 1. The molecule has 31 heavy (non-hydrogen) atoms. The Morgan fingerprint density at radius 2 is 1.71 bits per heavy atom. The zero-order valence-corrected chi connectivity index (χ0v) is 19.0. The fourth-order valence-electron chi connectivity index (χ4n) is 2.95. The van der Waals surface area contributed by atoms with Gasteiger partial charge in [-0.15, -0.1) is 0 Å². The van der Waals surface area contributed by atoms with Gasteiger partial charge in [0, 0.05) is 6.54 Å². The van der Waals surface area contributed by atoms with E-state index in [1.165, 1.54) is 6.07 Å². The highest BCUT2D eigenvalue weighted by Gasteiger charge is 2.24. The standard InChI is InChI=1S/C23H32N2O5S/c1-3-5-7-11-15-29-23(26)18-16-20(25-14-6-4-2)22(21(17-18)31(24,27)28)30-19-12-9-8-10-13-19/h8-10,12-13,16-17,25H,3-7,11,14-15H2,1-2H3,(H2,24,27,28). The molecule has 170 valence electrons. The van der Waals surface area contributed by atoms with Crippen LogP contribution in [-0.2, 0) is 14.8 Å². The van der Waals surface area contributed by atoms with Gasteiger partial charge in [0.2, 0.25) is 10.0 Å². The number of anilines is 1. The maximum Gasteiger partial charge on any atom is 0.338 e. The molecule has 0 fully saturated rings. The molecule has 0 saturated heterocycles. The Morgan fingerprint density at radius 3 is 2.35 bits per heavy atom. The minimum absolute atomic E-state index is 0.0595. The van der Waals surface area contributed by atoms with Crippen LogP contribution in [0.4, 0.5) is 5.69 Å². The lowest BCUT2D eigenvalue weighted by molar-refractivity contribution is 0.0497. The number of hydrogen-bond donors (Lipinski definition) is 2. The number of ether oxygens (including phenoxy) is 2. The van der Waals surface area contributed by atoms with Crippen molar-refractivity contribution in [2.45, 2.75) is 57.3 Å². The topological polar surface area (TPSA) is 108 Å². The summed E-state index contributed by atoms with van der Waals surface area (Å²) in [4.78, 5) is 12.3. The van der Waals surface area contributed by atoms with Crippen LogP contribution in [0.15, 0.2) is 47.4 Å². The Kier molecular flexibility index (Phi) is 9.81. The number of unbranched alkanes of at least 4 members (excludes halogenated alkanes) is 4. The van der Waals surface area contributed by atoms with Crippen LogP contribution in [0.25, 0.3) is 0 Å². The summed E-state index contributed by atoms with van der Waals surface area (Å²) in [6.07, 6.45) is 5.70. The number of para-hydroxylation sites is 1. The molecule has 0 aromatic heterocycles. The highest BCUT2D eigenvalue weighted by atomic mass is 32.2. The molecule has 0 unspecified atom stereocenters. The molecule has 0 amide bonds. The van der Waals surface area contributed by atoms with E-state index in [-0.39, 0.29) is 22.8 Å². The third kappa shape index (κ3) is 7.88. The van der Waals surface area contributed by atoms with Gasteiger partial charge in [-0.25, -0.2) is 18.4 Å². The fraction of sp³-hybridized carbons (Fsp3) is 0.435.